The molecule has 2 aromatic rings. The fourth-order valence-corrected chi connectivity index (χ4v) is 4.12. The normalized spacial score (nSPS) is 15.4. The summed E-state index contributed by atoms with van der Waals surface area (Å²) in [7, 11) is 0. The Bertz CT molecular complexity index is 614. The highest BCUT2D eigenvalue weighted by Gasteiger charge is 2.31. The average molecular weight is 464 g/mol. The summed E-state index contributed by atoms with van der Waals surface area (Å²) in [6, 6.07) is 16.2. The quantitative estimate of drug-likeness (QED) is 0.456. The molecule has 0 aromatic heterocycles. The van der Waals surface area contributed by atoms with Gasteiger partial charge in [-0.1, -0.05) is 66.7 Å². The van der Waals surface area contributed by atoms with Crippen LogP contribution in [-0.4, -0.2) is 13.1 Å². The highest BCUT2D eigenvalue weighted by atomic mass is 35.5. The zero-order valence-corrected chi connectivity index (χ0v) is 19.2. The molecule has 0 atom stereocenters. The fraction of sp³-hybridized carbons (Fsp3) is 0.455. The van der Waals surface area contributed by atoms with Gasteiger partial charge in [0, 0.05) is 36.2 Å². The summed E-state index contributed by atoms with van der Waals surface area (Å²) >= 11 is 11.9. The second kappa shape index (κ2) is 13.0. The summed E-state index contributed by atoms with van der Waals surface area (Å²) in [6.45, 7) is 3.92. The summed E-state index contributed by atoms with van der Waals surface area (Å²) in [5.41, 5.74) is 2.93. The molecule has 3 rings (SSSR count). The maximum absolute atomic E-state index is 5.97. The number of nitrogens with one attached hydrogen (secondary N) is 2. The summed E-state index contributed by atoms with van der Waals surface area (Å²) in [5, 5.41) is 8.97. The molecular weight excluding hydrogens is 434 g/mol. The monoisotopic (exact) mass is 462 g/mol. The van der Waals surface area contributed by atoms with Crippen molar-refractivity contribution in [2.75, 3.05) is 13.1 Å². The first-order chi connectivity index (χ1) is 12.7. The summed E-state index contributed by atoms with van der Waals surface area (Å²) in [4.78, 5) is 0. The molecule has 6 heteroatoms. The van der Waals surface area contributed by atoms with E-state index in [0.29, 0.717) is 5.41 Å². The van der Waals surface area contributed by atoms with Crippen molar-refractivity contribution in [2.24, 2.45) is 5.41 Å². The van der Waals surface area contributed by atoms with Crippen LogP contribution in [0.1, 0.15) is 43.2 Å². The summed E-state index contributed by atoms with van der Waals surface area (Å²) in [5.74, 6) is 0. The highest BCUT2D eigenvalue weighted by Crippen LogP contribution is 2.35. The first kappa shape index (κ1) is 25.6. The largest absolute Gasteiger partial charge is 0.312 e. The summed E-state index contributed by atoms with van der Waals surface area (Å²) in [6.07, 6.45) is 6.65. The van der Waals surface area contributed by atoms with Crippen LogP contribution in [0.25, 0.3) is 0 Å². The van der Waals surface area contributed by atoms with Crippen LogP contribution in [-0.2, 0) is 13.1 Å². The minimum Gasteiger partial charge on any atom is -0.312 e. The third kappa shape index (κ3) is 8.10. The molecule has 0 unspecified atom stereocenters. The van der Waals surface area contributed by atoms with E-state index >= 15 is 0 Å². The van der Waals surface area contributed by atoms with Crippen LogP contribution in [0.5, 0.6) is 0 Å². The molecule has 1 aliphatic carbocycles. The van der Waals surface area contributed by atoms with Crippen molar-refractivity contribution in [3.63, 3.8) is 0 Å². The van der Waals surface area contributed by atoms with Gasteiger partial charge >= 0.3 is 0 Å². The van der Waals surface area contributed by atoms with Crippen molar-refractivity contribution >= 4 is 48.0 Å². The zero-order chi connectivity index (χ0) is 18.2. The Kier molecular flexibility index (Phi) is 11.8. The molecule has 0 heterocycles. The lowest BCUT2D eigenvalue weighted by Crippen LogP contribution is -2.43. The van der Waals surface area contributed by atoms with E-state index in [9.17, 15) is 0 Å². The Morgan fingerprint density at radius 2 is 1.04 bits per heavy atom. The first-order valence-electron chi connectivity index (χ1n) is 9.56. The van der Waals surface area contributed by atoms with Gasteiger partial charge in [0.05, 0.1) is 0 Å². The molecule has 1 aliphatic rings. The Morgan fingerprint density at radius 1 is 0.643 bits per heavy atom. The van der Waals surface area contributed by atoms with E-state index in [0.717, 1.165) is 36.2 Å². The van der Waals surface area contributed by atoms with Gasteiger partial charge in [-0.05, 0) is 53.6 Å². The van der Waals surface area contributed by atoms with Gasteiger partial charge in [0.15, 0.2) is 0 Å². The minimum absolute atomic E-state index is 0. The third-order valence-electron chi connectivity index (χ3n) is 5.40. The van der Waals surface area contributed by atoms with Crippen molar-refractivity contribution in [3.8, 4) is 0 Å². The van der Waals surface area contributed by atoms with Crippen LogP contribution >= 0.6 is 48.0 Å². The SMILES string of the molecule is Cl.Cl.Clc1ccc(CNCC2(CNCc3ccc(Cl)cc3)CCCCC2)cc1. The Morgan fingerprint density at radius 3 is 1.43 bits per heavy atom. The van der Waals surface area contributed by atoms with E-state index in [1.807, 2.05) is 24.3 Å². The van der Waals surface area contributed by atoms with E-state index in [1.165, 1.54) is 43.2 Å². The van der Waals surface area contributed by atoms with Gasteiger partial charge < -0.3 is 10.6 Å². The smallest absolute Gasteiger partial charge is 0.0406 e. The molecule has 1 fully saturated rings. The van der Waals surface area contributed by atoms with Gasteiger partial charge in [0.2, 0.25) is 0 Å². The molecule has 0 saturated heterocycles. The van der Waals surface area contributed by atoms with Crippen LogP contribution in [0.4, 0.5) is 0 Å². The van der Waals surface area contributed by atoms with Gasteiger partial charge in [0.1, 0.15) is 0 Å². The minimum atomic E-state index is 0. The van der Waals surface area contributed by atoms with Gasteiger partial charge in [-0.2, -0.15) is 0 Å². The van der Waals surface area contributed by atoms with Crippen molar-refractivity contribution in [3.05, 3.63) is 69.7 Å². The number of hydrogen-bond donors (Lipinski definition) is 2. The van der Waals surface area contributed by atoms with Gasteiger partial charge in [0.25, 0.3) is 0 Å². The van der Waals surface area contributed by atoms with E-state index < -0.39 is 0 Å². The lowest BCUT2D eigenvalue weighted by molar-refractivity contribution is 0.175. The molecular formula is C22H30Cl4N2. The van der Waals surface area contributed by atoms with Gasteiger partial charge in [-0.15, -0.1) is 24.8 Å². The maximum atomic E-state index is 5.97. The number of benzene rings is 2. The van der Waals surface area contributed by atoms with E-state index in [1.54, 1.807) is 0 Å². The Balaban J connectivity index is 0.00000196. The molecule has 0 amide bonds. The maximum Gasteiger partial charge on any atom is 0.0406 e. The molecule has 0 spiro atoms. The van der Waals surface area contributed by atoms with E-state index in [2.05, 4.69) is 34.9 Å². The van der Waals surface area contributed by atoms with Crippen molar-refractivity contribution < 1.29 is 0 Å². The Hall–Kier alpha value is -0.480. The molecule has 0 aliphatic heterocycles. The second-order valence-corrected chi connectivity index (χ2v) is 8.39. The van der Waals surface area contributed by atoms with Crippen LogP contribution < -0.4 is 10.6 Å². The molecule has 2 aromatic carbocycles. The average Bonchev–Trinajstić information content (AvgIpc) is 2.66. The number of rotatable bonds is 8. The molecule has 2 N–H and O–H groups in total. The van der Waals surface area contributed by atoms with Gasteiger partial charge in [-0.25, -0.2) is 0 Å². The lowest BCUT2D eigenvalue weighted by Gasteiger charge is -2.38. The van der Waals surface area contributed by atoms with E-state index in [-0.39, 0.29) is 24.8 Å². The highest BCUT2D eigenvalue weighted by molar-refractivity contribution is 6.30. The van der Waals surface area contributed by atoms with Gasteiger partial charge in [-0.3, -0.25) is 0 Å². The lowest BCUT2D eigenvalue weighted by atomic mass is 9.73. The van der Waals surface area contributed by atoms with E-state index in [4.69, 9.17) is 23.2 Å². The Labute approximate surface area is 191 Å². The number of hydrogen-bond acceptors (Lipinski definition) is 2. The molecule has 2 nitrogen and oxygen atoms in total. The molecule has 0 bridgehead atoms. The summed E-state index contributed by atoms with van der Waals surface area (Å²) < 4.78 is 0. The molecule has 0 radical (unpaired) electrons. The van der Waals surface area contributed by atoms with Crippen LogP contribution in [0.3, 0.4) is 0 Å². The standard InChI is InChI=1S/C22H28Cl2N2.2ClH/c23-20-8-4-18(5-9-20)14-25-16-22(12-2-1-3-13-22)17-26-15-19-6-10-21(24)11-7-19;;/h4-11,25-26H,1-3,12-17H2;2*1H. The third-order valence-corrected chi connectivity index (χ3v) is 5.90. The zero-order valence-electron chi connectivity index (χ0n) is 16.1. The molecule has 28 heavy (non-hydrogen) atoms. The number of halogens is 4. The predicted octanol–water partition coefficient (Wildman–Crippen LogP) is 6.67. The fourth-order valence-electron chi connectivity index (χ4n) is 3.87. The first-order valence-corrected chi connectivity index (χ1v) is 10.3. The van der Waals surface area contributed by atoms with Crippen LogP contribution in [0, 0.1) is 5.41 Å². The van der Waals surface area contributed by atoms with Crippen molar-refractivity contribution in [2.45, 2.75) is 45.2 Å². The van der Waals surface area contributed by atoms with Crippen LogP contribution in [0.15, 0.2) is 48.5 Å². The molecule has 1 saturated carbocycles. The van der Waals surface area contributed by atoms with Crippen LogP contribution in [0.2, 0.25) is 10.0 Å². The molecule has 156 valence electrons. The topological polar surface area (TPSA) is 24.1 Å². The predicted molar refractivity (Wildman–Crippen MR) is 126 cm³/mol. The van der Waals surface area contributed by atoms with Crippen molar-refractivity contribution in [1.82, 2.24) is 10.6 Å². The second-order valence-electron chi connectivity index (χ2n) is 7.52. The van der Waals surface area contributed by atoms with Crippen molar-refractivity contribution in [1.29, 1.82) is 0 Å².